The minimum atomic E-state index is -0.506. The SMILES string of the molecule is Cc1cccc([C@@H]2N=C(N)NC(SCC(=O)Nc3ccc(Cc4ccc(NC(=O)CSC5=N[C@@H](c6cccc(C)c6)N=C(N)N5)cc4C#N)c(C#N)c3)=N2)c1. The molecule has 0 aromatic heterocycles. The number of aryl methyl sites for hydroxylation is 2. The van der Waals surface area contributed by atoms with Crippen molar-refractivity contribution in [2.24, 2.45) is 31.4 Å². The Morgan fingerprint density at radius 1 is 0.673 bits per heavy atom. The number of thioether (sulfide) groups is 2. The zero-order valence-corrected chi connectivity index (χ0v) is 31.5. The van der Waals surface area contributed by atoms with Crippen LogP contribution in [0.25, 0.3) is 0 Å². The topological polar surface area (TPSA) is 231 Å². The Balaban J connectivity index is 1.03. The second-order valence-electron chi connectivity index (χ2n) is 12.5. The van der Waals surface area contributed by atoms with Gasteiger partial charge < -0.3 is 32.7 Å². The van der Waals surface area contributed by atoms with E-state index >= 15 is 0 Å². The fourth-order valence-corrected chi connectivity index (χ4v) is 7.07. The predicted molar refractivity (Wildman–Crippen MR) is 220 cm³/mol. The molecular formula is C39H36N12O2S2. The van der Waals surface area contributed by atoms with Crippen LogP contribution in [0.3, 0.4) is 0 Å². The summed E-state index contributed by atoms with van der Waals surface area (Å²) in [6.45, 7) is 3.97. The first-order valence-corrected chi connectivity index (χ1v) is 18.9. The molecule has 0 bridgehead atoms. The molecule has 8 N–H and O–H groups in total. The van der Waals surface area contributed by atoms with Crippen molar-refractivity contribution < 1.29 is 9.59 Å². The first kappa shape index (κ1) is 38.1. The number of nitriles is 2. The highest BCUT2D eigenvalue weighted by Gasteiger charge is 2.20. The van der Waals surface area contributed by atoms with Gasteiger partial charge in [-0.25, -0.2) is 20.0 Å². The van der Waals surface area contributed by atoms with Gasteiger partial charge in [0.05, 0.1) is 34.8 Å². The summed E-state index contributed by atoms with van der Waals surface area (Å²) in [4.78, 5) is 43.6. The maximum Gasteiger partial charge on any atom is 0.234 e. The third-order valence-corrected chi connectivity index (χ3v) is 10.0. The predicted octanol–water partition coefficient (Wildman–Crippen LogP) is 4.93. The summed E-state index contributed by atoms with van der Waals surface area (Å²) in [7, 11) is 0. The van der Waals surface area contributed by atoms with Crippen LogP contribution in [-0.2, 0) is 16.0 Å². The molecular weight excluding hydrogens is 733 g/mol. The van der Waals surface area contributed by atoms with Crippen molar-refractivity contribution in [3.05, 3.63) is 129 Å². The zero-order valence-electron chi connectivity index (χ0n) is 29.8. The molecule has 2 aliphatic rings. The first-order valence-electron chi connectivity index (χ1n) is 17.0. The van der Waals surface area contributed by atoms with Crippen molar-refractivity contribution in [3.8, 4) is 12.1 Å². The Labute approximate surface area is 326 Å². The van der Waals surface area contributed by atoms with Crippen LogP contribution in [0.4, 0.5) is 11.4 Å². The molecule has 0 saturated heterocycles. The molecule has 2 atom stereocenters. The lowest BCUT2D eigenvalue weighted by Crippen LogP contribution is -2.39. The molecule has 0 spiro atoms. The lowest BCUT2D eigenvalue weighted by Gasteiger charge is -2.19. The van der Waals surface area contributed by atoms with E-state index in [2.05, 4.69) is 53.4 Å². The highest BCUT2D eigenvalue weighted by Crippen LogP contribution is 2.27. The number of anilines is 2. The lowest BCUT2D eigenvalue weighted by atomic mass is 9.96. The van der Waals surface area contributed by atoms with E-state index < -0.39 is 12.3 Å². The summed E-state index contributed by atoms with van der Waals surface area (Å²) in [5.41, 5.74) is 18.9. The molecule has 0 radical (unpaired) electrons. The number of amides is 2. The second-order valence-corrected chi connectivity index (χ2v) is 14.5. The lowest BCUT2D eigenvalue weighted by molar-refractivity contribution is -0.114. The smallest absolute Gasteiger partial charge is 0.234 e. The number of rotatable bonds is 10. The van der Waals surface area contributed by atoms with E-state index in [9.17, 15) is 20.1 Å². The number of hydrogen-bond donors (Lipinski definition) is 6. The number of carbonyl (C=O) groups is 2. The number of amidine groups is 2. The molecule has 14 nitrogen and oxygen atoms in total. The Kier molecular flexibility index (Phi) is 12.1. The Hall–Kier alpha value is -6.62. The van der Waals surface area contributed by atoms with E-state index in [1.165, 1.54) is 23.5 Å². The molecule has 0 saturated carbocycles. The molecule has 2 heterocycles. The molecule has 16 heteroatoms. The second kappa shape index (κ2) is 17.5. The number of benzene rings is 4. The molecule has 276 valence electrons. The monoisotopic (exact) mass is 768 g/mol. The van der Waals surface area contributed by atoms with Gasteiger partial charge in [-0.1, -0.05) is 95.3 Å². The summed E-state index contributed by atoms with van der Waals surface area (Å²) in [5.74, 6) is -0.0837. The third-order valence-electron chi connectivity index (χ3n) is 8.24. The summed E-state index contributed by atoms with van der Waals surface area (Å²) in [5, 5.41) is 32.3. The van der Waals surface area contributed by atoms with Gasteiger partial charge in [-0.15, -0.1) is 0 Å². The van der Waals surface area contributed by atoms with Gasteiger partial charge in [0.1, 0.15) is 0 Å². The Morgan fingerprint density at radius 3 is 1.51 bits per heavy atom. The van der Waals surface area contributed by atoms with E-state index in [0.717, 1.165) is 22.3 Å². The number of aliphatic imine (C=N–C) groups is 4. The normalized spacial score (nSPS) is 16.1. The summed E-state index contributed by atoms with van der Waals surface area (Å²) in [6.07, 6.45) is -0.728. The minimum absolute atomic E-state index is 0.0416. The van der Waals surface area contributed by atoms with Gasteiger partial charge in [0.2, 0.25) is 11.8 Å². The van der Waals surface area contributed by atoms with Crippen LogP contribution in [-0.4, -0.2) is 45.6 Å². The van der Waals surface area contributed by atoms with E-state index in [4.69, 9.17) is 11.5 Å². The summed E-state index contributed by atoms with van der Waals surface area (Å²) < 4.78 is 0. The molecule has 6 rings (SSSR count). The molecule has 0 aliphatic carbocycles. The van der Waals surface area contributed by atoms with Gasteiger partial charge in [0, 0.05) is 17.8 Å². The highest BCUT2D eigenvalue weighted by atomic mass is 32.2. The van der Waals surface area contributed by atoms with Crippen LogP contribution in [0.2, 0.25) is 0 Å². The van der Waals surface area contributed by atoms with Crippen LogP contribution in [0.1, 0.15) is 56.8 Å². The van der Waals surface area contributed by atoms with Crippen molar-refractivity contribution in [1.29, 1.82) is 10.5 Å². The molecule has 0 fully saturated rings. The van der Waals surface area contributed by atoms with Crippen molar-refractivity contribution in [1.82, 2.24) is 10.6 Å². The minimum Gasteiger partial charge on any atom is -0.370 e. The maximum atomic E-state index is 12.9. The van der Waals surface area contributed by atoms with E-state index in [0.29, 0.717) is 44.0 Å². The number of hydrogen-bond acceptors (Lipinski definition) is 14. The quantitative estimate of drug-likeness (QED) is 0.127. The van der Waals surface area contributed by atoms with E-state index in [1.807, 2.05) is 62.4 Å². The van der Waals surface area contributed by atoms with Crippen molar-refractivity contribution in [2.75, 3.05) is 22.1 Å². The summed E-state index contributed by atoms with van der Waals surface area (Å²) >= 11 is 2.38. The van der Waals surface area contributed by atoms with Crippen LogP contribution < -0.4 is 32.7 Å². The number of carbonyl (C=O) groups excluding carboxylic acids is 2. The average molecular weight is 769 g/mol. The Morgan fingerprint density at radius 2 is 1.11 bits per heavy atom. The fourth-order valence-electron chi connectivity index (χ4n) is 5.69. The number of guanidine groups is 2. The van der Waals surface area contributed by atoms with Gasteiger partial charge in [-0.3, -0.25) is 9.59 Å². The van der Waals surface area contributed by atoms with Crippen molar-refractivity contribution in [2.45, 2.75) is 32.6 Å². The standard InChI is InChI=1S/C39H36N12O2S2/c1-22-5-3-7-26(13-22)34-46-36(42)50-38(48-34)54-20-32(52)44-30-11-9-24(28(16-30)18-40)15-25-10-12-31(17-29(25)19-41)45-33(53)21-55-39-49-35(47-37(43)51-39)27-8-4-6-23(2)14-27/h3-14,16-17,34-35H,15,20-21H2,1-2H3,(H,44,52)(H,45,53)(H3,42,46,48,50)(H3,43,47,49,51)/t34-,35+. The molecule has 4 aromatic rings. The summed E-state index contributed by atoms with van der Waals surface area (Å²) in [6, 6.07) is 30.1. The van der Waals surface area contributed by atoms with Gasteiger partial charge in [-0.2, -0.15) is 10.5 Å². The number of nitrogens with two attached hydrogens (primary N) is 2. The first-order chi connectivity index (χ1) is 26.5. The van der Waals surface area contributed by atoms with Crippen molar-refractivity contribution in [3.63, 3.8) is 0 Å². The van der Waals surface area contributed by atoms with Crippen molar-refractivity contribution >= 4 is 69.0 Å². The largest absolute Gasteiger partial charge is 0.370 e. The molecule has 4 aromatic carbocycles. The molecule has 55 heavy (non-hydrogen) atoms. The third kappa shape index (κ3) is 10.3. The van der Waals surface area contributed by atoms with E-state index in [-0.39, 0.29) is 41.7 Å². The Bertz CT molecular complexity index is 2200. The molecule has 2 aliphatic heterocycles. The van der Waals surface area contributed by atoms with Gasteiger partial charge in [0.25, 0.3) is 0 Å². The number of nitrogens with zero attached hydrogens (tertiary/aromatic N) is 6. The molecule has 2 amide bonds. The molecule has 0 unspecified atom stereocenters. The van der Waals surface area contributed by atoms with Crippen LogP contribution in [0.15, 0.2) is 105 Å². The van der Waals surface area contributed by atoms with E-state index in [1.54, 1.807) is 36.4 Å². The fraction of sp³-hybridized carbons (Fsp3) is 0.179. The zero-order chi connectivity index (χ0) is 38.9. The van der Waals surface area contributed by atoms with Gasteiger partial charge in [-0.05, 0) is 60.4 Å². The number of nitrogens with one attached hydrogen (secondary N) is 4. The van der Waals surface area contributed by atoms with Gasteiger partial charge >= 0.3 is 0 Å². The average Bonchev–Trinajstić information content (AvgIpc) is 3.17. The highest BCUT2D eigenvalue weighted by molar-refractivity contribution is 8.14. The van der Waals surface area contributed by atoms with Crippen LogP contribution >= 0.6 is 23.5 Å². The maximum absolute atomic E-state index is 12.9. The van der Waals surface area contributed by atoms with Crippen LogP contribution in [0.5, 0.6) is 0 Å². The van der Waals surface area contributed by atoms with Gasteiger partial charge in [0.15, 0.2) is 34.6 Å². The van der Waals surface area contributed by atoms with Crippen LogP contribution in [0, 0.1) is 36.5 Å².